The van der Waals surface area contributed by atoms with E-state index in [1.165, 1.54) is 19.3 Å². The van der Waals surface area contributed by atoms with Gasteiger partial charge in [-0.25, -0.2) is 0 Å². The van der Waals surface area contributed by atoms with E-state index < -0.39 is 0 Å². The van der Waals surface area contributed by atoms with Gasteiger partial charge < -0.3 is 9.52 Å². The fourth-order valence-corrected chi connectivity index (χ4v) is 3.17. The Morgan fingerprint density at radius 2 is 2.09 bits per heavy atom. The van der Waals surface area contributed by atoms with Crippen LogP contribution in [0.3, 0.4) is 0 Å². The third-order valence-electron chi connectivity index (χ3n) is 4.58. The summed E-state index contributed by atoms with van der Waals surface area (Å²) in [4.78, 5) is 14.4. The number of carbonyl (C=O) groups excluding carboxylic acids is 1. The fourth-order valence-electron chi connectivity index (χ4n) is 3.17. The molecule has 0 radical (unpaired) electrons. The van der Waals surface area contributed by atoms with E-state index in [1.807, 2.05) is 4.90 Å². The largest absolute Gasteiger partial charge is 0.444 e. The quantitative estimate of drug-likeness (QED) is 0.840. The third kappa shape index (κ3) is 4.34. The van der Waals surface area contributed by atoms with Crippen LogP contribution in [0.15, 0.2) is 4.42 Å². The van der Waals surface area contributed by atoms with E-state index in [4.69, 9.17) is 4.42 Å². The van der Waals surface area contributed by atoms with Gasteiger partial charge in [-0.1, -0.05) is 19.3 Å². The molecule has 6 heteroatoms. The molecule has 1 aliphatic rings. The highest BCUT2D eigenvalue weighted by Crippen LogP contribution is 2.26. The molecule has 2 N–H and O–H groups in total. The summed E-state index contributed by atoms with van der Waals surface area (Å²) in [7, 11) is 0. The number of aliphatic hydroxyl groups is 1. The maximum absolute atomic E-state index is 12.3. The van der Waals surface area contributed by atoms with E-state index in [2.05, 4.69) is 11.4 Å². The lowest BCUT2D eigenvalue weighted by atomic mass is 9.94. The summed E-state index contributed by atoms with van der Waals surface area (Å²) < 4.78 is 5.47. The number of furan rings is 1. The molecule has 0 atom stereocenters. The van der Waals surface area contributed by atoms with Crippen LogP contribution in [0.25, 0.3) is 0 Å². The Bertz CT molecular complexity index is 583. The average Bonchev–Trinajstić information content (AvgIpc) is 2.81. The van der Waals surface area contributed by atoms with Crippen molar-refractivity contribution in [1.82, 2.24) is 4.90 Å². The first-order chi connectivity index (χ1) is 11.1. The zero-order chi connectivity index (χ0) is 16.8. The molecule has 0 spiro atoms. The van der Waals surface area contributed by atoms with E-state index in [0.717, 1.165) is 18.4 Å². The van der Waals surface area contributed by atoms with Gasteiger partial charge in [0.05, 0.1) is 13.2 Å². The molecule has 1 heterocycles. The molecule has 126 valence electrons. The number of nitrogens with zero attached hydrogens (tertiary/aromatic N) is 2. The molecule has 0 aromatic carbocycles. The van der Waals surface area contributed by atoms with Gasteiger partial charge >= 0.3 is 0 Å². The second-order valence-electron chi connectivity index (χ2n) is 6.13. The van der Waals surface area contributed by atoms with Gasteiger partial charge in [0.1, 0.15) is 17.4 Å². The number of hydrogen-bond acceptors (Lipinski definition) is 5. The van der Waals surface area contributed by atoms with Crippen LogP contribution in [0.5, 0.6) is 0 Å². The normalized spacial score (nSPS) is 15.6. The molecular formula is C17H25N3O3. The number of aliphatic hydroxyl groups excluding tert-OH is 1. The number of anilines is 1. The van der Waals surface area contributed by atoms with E-state index in [1.54, 1.807) is 13.8 Å². The highest BCUT2D eigenvalue weighted by Gasteiger charge is 2.24. The first-order valence-electron chi connectivity index (χ1n) is 8.21. The Labute approximate surface area is 137 Å². The maximum Gasteiger partial charge on any atom is 0.240 e. The molecule has 23 heavy (non-hydrogen) atoms. The summed E-state index contributed by atoms with van der Waals surface area (Å²) in [5.74, 6) is 0.644. The molecule has 2 rings (SSSR count). The molecule has 1 aliphatic carbocycles. The summed E-state index contributed by atoms with van der Waals surface area (Å²) >= 11 is 0. The summed E-state index contributed by atoms with van der Waals surface area (Å²) in [5, 5.41) is 21.1. The zero-order valence-corrected chi connectivity index (χ0v) is 13.9. The van der Waals surface area contributed by atoms with Crippen LogP contribution in [0.1, 0.15) is 49.0 Å². The molecule has 0 unspecified atom stereocenters. The Morgan fingerprint density at radius 1 is 1.39 bits per heavy atom. The van der Waals surface area contributed by atoms with E-state index >= 15 is 0 Å². The average molecular weight is 319 g/mol. The Hall–Kier alpha value is -1.84. The second-order valence-corrected chi connectivity index (χ2v) is 6.13. The smallest absolute Gasteiger partial charge is 0.240 e. The third-order valence-corrected chi connectivity index (χ3v) is 4.58. The highest BCUT2D eigenvalue weighted by atomic mass is 16.4. The number of nitrogens with one attached hydrogen (secondary N) is 1. The van der Waals surface area contributed by atoms with Gasteiger partial charge in [-0.05, 0) is 26.7 Å². The molecule has 0 saturated heterocycles. The van der Waals surface area contributed by atoms with Crippen molar-refractivity contribution in [2.24, 2.45) is 0 Å². The lowest BCUT2D eigenvalue weighted by Crippen LogP contribution is -2.43. The lowest BCUT2D eigenvalue weighted by Gasteiger charge is -2.33. The van der Waals surface area contributed by atoms with Crippen LogP contribution in [-0.4, -0.2) is 41.7 Å². The molecule has 1 fully saturated rings. The van der Waals surface area contributed by atoms with Crippen LogP contribution in [0.4, 0.5) is 5.88 Å². The predicted molar refractivity (Wildman–Crippen MR) is 87.1 cm³/mol. The maximum atomic E-state index is 12.3. The van der Waals surface area contributed by atoms with Gasteiger partial charge in [0.25, 0.3) is 0 Å². The van der Waals surface area contributed by atoms with E-state index in [-0.39, 0.29) is 24.9 Å². The first-order valence-corrected chi connectivity index (χ1v) is 8.21. The van der Waals surface area contributed by atoms with Crippen molar-refractivity contribution >= 4 is 11.8 Å². The minimum absolute atomic E-state index is 0.0339. The van der Waals surface area contributed by atoms with Crippen LogP contribution >= 0.6 is 0 Å². The first kappa shape index (κ1) is 17.5. The van der Waals surface area contributed by atoms with Gasteiger partial charge in [-0.2, -0.15) is 5.26 Å². The number of aryl methyl sites for hydroxylation is 1. The molecule has 1 aromatic rings. The fraction of sp³-hybridized carbons (Fsp3) is 0.647. The van der Waals surface area contributed by atoms with Crippen LogP contribution in [0.2, 0.25) is 0 Å². The summed E-state index contributed by atoms with van der Waals surface area (Å²) in [5.41, 5.74) is 1.13. The van der Waals surface area contributed by atoms with Crippen molar-refractivity contribution in [1.29, 1.82) is 5.26 Å². The Balaban J connectivity index is 2.01. The monoisotopic (exact) mass is 319 g/mol. The van der Waals surface area contributed by atoms with Gasteiger partial charge in [0, 0.05) is 18.2 Å². The number of nitriles is 1. The van der Waals surface area contributed by atoms with Crippen LogP contribution in [0, 0.1) is 25.2 Å². The van der Waals surface area contributed by atoms with Crippen molar-refractivity contribution in [3.8, 4) is 6.07 Å². The molecule has 1 aromatic heterocycles. The SMILES string of the molecule is Cc1oc(NC(=O)CN(CCO)C2CCCCC2)c(C#N)c1C. The lowest BCUT2D eigenvalue weighted by molar-refractivity contribution is -0.118. The molecule has 1 amide bonds. The van der Waals surface area contributed by atoms with E-state index in [0.29, 0.717) is 23.9 Å². The van der Waals surface area contributed by atoms with Crippen molar-refractivity contribution in [3.63, 3.8) is 0 Å². The van der Waals surface area contributed by atoms with Gasteiger partial charge in [0.2, 0.25) is 11.8 Å². The van der Waals surface area contributed by atoms with Gasteiger partial charge in [0.15, 0.2) is 0 Å². The number of rotatable bonds is 6. The van der Waals surface area contributed by atoms with Crippen molar-refractivity contribution in [2.75, 3.05) is 25.0 Å². The highest BCUT2D eigenvalue weighted by molar-refractivity contribution is 5.92. The second kappa shape index (κ2) is 8.14. The molecule has 0 bridgehead atoms. The number of amides is 1. The molecular weight excluding hydrogens is 294 g/mol. The number of hydrogen-bond donors (Lipinski definition) is 2. The number of carbonyl (C=O) groups is 1. The van der Waals surface area contributed by atoms with Crippen molar-refractivity contribution in [3.05, 3.63) is 16.9 Å². The Kier molecular flexibility index (Phi) is 6.20. The standard InChI is InChI=1S/C17H25N3O3/c1-12-13(2)23-17(15(12)10-18)19-16(22)11-20(8-9-21)14-6-4-3-5-7-14/h14,21H,3-9,11H2,1-2H3,(H,19,22). The zero-order valence-electron chi connectivity index (χ0n) is 13.9. The minimum Gasteiger partial charge on any atom is -0.444 e. The van der Waals surface area contributed by atoms with Crippen LogP contribution in [-0.2, 0) is 4.79 Å². The molecule has 0 aliphatic heterocycles. The van der Waals surface area contributed by atoms with Gasteiger partial charge in [-0.3, -0.25) is 15.0 Å². The minimum atomic E-state index is -0.214. The summed E-state index contributed by atoms with van der Waals surface area (Å²) in [6.07, 6.45) is 5.71. The summed E-state index contributed by atoms with van der Waals surface area (Å²) in [6, 6.07) is 2.41. The van der Waals surface area contributed by atoms with Crippen LogP contribution < -0.4 is 5.32 Å². The molecule has 6 nitrogen and oxygen atoms in total. The van der Waals surface area contributed by atoms with Crippen molar-refractivity contribution < 1.29 is 14.3 Å². The van der Waals surface area contributed by atoms with Crippen molar-refractivity contribution in [2.45, 2.75) is 52.0 Å². The molecule has 1 saturated carbocycles. The topological polar surface area (TPSA) is 89.5 Å². The Morgan fingerprint density at radius 3 is 2.70 bits per heavy atom. The summed E-state index contributed by atoms with van der Waals surface area (Å²) in [6.45, 7) is 4.29. The predicted octanol–water partition coefficient (Wildman–Crippen LogP) is 2.33. The van der Waals surface area contributed by atoms with Gasteiger partial charge in [-0.15, -0.1) is 0 Å². The van der Waals surface area contributed by atoms with E-state index in [9.17, 15) is 15.2 Å².